The Kier molecular flexibility index (Phi) is 4.90. The molecule has 2 fully saturated rings. The minimum absolute atomic E-state index is 0.0404. The van der Waals surface area contributed by atoms with Gasteiger partial charge in [-0.05, 0) is 13.3 Å². The van der Waals surface area contributed by atoms with E-state index in [1.807, 2.05) is 17.2 Å². The van der Waals surface area contributed by atoms with E-state index in [1.165, 1.54) is 11.3 Å². The van der Waals surface area contributed by atoms with Crippen molar-refractivity contribution in [1.82, 2.24) is 14.8 Å². The molecule has 2 saturated heterocycles. The van der Waals surface area contributed by atoms with Gasteiger partial charge in [0.15, 0.2) is 0 Å². The molecular weight excluding hydrogens is 336 g/mol. The maximum Gasteiger partial charge on any atom is 0.250 e. The first-order valence-corrected chi connectivity index (χ1v) is 9.14. The SMILES string of the molecule is Cc1nc(CC(=O)N2CC[C@](O)(CN3CCC(F)(F)CC3)C2)cs1. The summed E-state index contributed by atoms with van der Waals surface area (Å²) < 4.78 is 26.4. The van der Waals surface area contributed by atoms with E-state index in [4.69, 9.17) is 0 Å². The summed E-state index contributed by atoms with van der Waals surface area (Å²) in [5, 5.41) is 13.5. The fourth-order valence-electron chi connectivity index (χ4n) is 3.41. The van der Waals surface area contributed by atoms with E-state index in [0.717, 1.165) is 10.7 Å². The molecule has 8 heteroatoms. The van der Waals surface area contributed by atoms with E-state index in [2.05, 4.69) is 4.98 Å². The third-order valence-corrected chi connectivity index (χ3v) is 5.61. The number of β-amino-alcohol motifs (C(OH)–C–C–N with tert-alkyl or cyclic N) is 1. The molecule has 2 aliphatic heterocycles. The number of amides is 1. The van der Waals surface area contributed by atoms with Crippen molar-refractivity contribution in [2.24, 2.45) is 0 Å². The maximum atomic E-state index is 13.2. The van der Waals surface area contributed by atoms with Gasteiger partial charge in [-0.2, -0.15) is 0 Å². The van der Waals surface area contributed by atoms with Gasteiger partial charge in [-0.25, -0.2) is 13.8 Å². The Bertz CT molecular complexity index is 600. The van der Waals surface area contributed by atoms with Crippen LogP contribution in [0.25, 0.3) is 0 Å². The molecule has 1 aromatic heterocycles. The molecule has 24 heavy (non-hydrogen) atoms. The van der Waals surface area contributed by atoms with Crippen LogP contribution < -0.4 is 0 Å². The fraction of sp³-hybridized carbons (Fsp3) is 0.750. The average molecular weight is 359 g/mol. The predicted octanol–water partition coefficient (Wildman–Crippen LogP) is 1.69. The number of hydrogen-bond acceptors (Lipinski definition) is 5. The van der Waals surface area contributed by atoms with Crippen LogP contribution in [0.2, 0.25) is 0 Å². The van der Waals surface area contributed by atoms with Crippen LogP contribution in [0, 0.1) is 6.92 Å². The zero-order chi connectivity index (χ0) is 17.4. The Morgan fingerprint density at radius 1 is 1.33 bits per heavy atom. The van der Waals surface area contributed by atoms with Crippen LogP contribution >= 0.6 is 11.3 Å². The maximum absolute atomic E-state index is 13.2. The van der Waals surface area contributed by atoms with Crippen molar-refractivity contribution in [2.45, 2.75) is 44.1 Å². The van der Waals surface area contributed by atoms with Crippen LogP contribution in [0.15, 0.2) is 5.38 Å². The monoisotopic (exact) mass is 359 g/mol. The van der Waals surface area contributed by atoms with Crippen LogP contribution in [-0.4, -0.2) is 70.0 Å². The Balaban J connectivity index is 1.51. The second-order valence-electron chi connectivity index (χ2n) is 6.96. The zero-order valence-corrected chi connectivity index (χ0v) is 14.6. The van der Waals surface area contributed by atoms with Crippen molar-refractivity contribution in [3.63, 3.8) is 0 Å². The molecule has 1 amide bonds. The number of hydrogen-bond donors (Lipinski definition) is 1. The molecule has 0 radical (unpaired) electrons. The lowest BCUT2D eigenvalue weighted by Crippen LogP contribution is -2.49. The number of carbonyl (C=O) groups excluding carboxylic acids is 1. The molecule has 1 N–H and O–H groups in total. The van der Waals surface area contributed by atoms with Crippen molar-refractivity contribution < 1.29 is 18.7 Å². The van der Waals surface area contributed by atoms with Gasteiger partial charge in [0.05, 0.1) is 29.3 Å². The highest BCUT2D eigenvalue weighted by Crippen LogP contribution is 2.30. The Morgan fingerprint density at radius 2 is 2.04 bits per heavy atom. The van der Waals surface area contributed by atoms with Gasteiger partial charge in [0.2, 0.25) is 5.91 Å². The quantitative estimate of drug-likeness (QED) is 0.889. The van der Waals surface area contributed by atoms with E-state index >= 15 is 0 Å². The van der Waals surface area contributed by atoms with Crippen LogP contribution in [0.4, 0.5) is 8.78 Å². The zero-order valence-electron chi connectivity index (χ0n) is 13.8. The summed E-state index contributed by atoms with van der Waals surface area (Å²) in [6.45, 7) is 3.60. The molecule has 2 aliphatic rings. The highest BCUT2D eigenvalue weighted by atomic mass is 32.1. The van der Waals surface area contributed by atoms with Crippen LogP contribution in [0.1, 0.15) is 30.0 Å². The Hall–Kier alpha value is -1.12. The lowest BCUT2D eigenvalue weighted by Gasteiger charge is -2.36. The highest BCUT2D eigenvalue weighted by molar-refractivity contribution is 7.09. The molecule has 0 saturated carbocycles. The van der Waals surface area contributed by atoms with Crippen LogP contribution in [0.3, 0.4) is 0 Å². The largest absolute Gasteiger partial charge is 0.387 e. The molecular formula is C16H23F2N3O2S. The first-order chi connectivity index (χ1) is 11.2. The number of aryl methyl sites for hydroxylation is 1. The number of thiazole rings is 1. The molecule has 0 unspecified atom stereocenters. The minimum atomic E-state index is -2.58. The summed E-state index contributed by atoms with van der Waals surface area (Å²) >= 11 is 1.51. The Labute approximate surface area is 144 Å². The number of halogens is 2. The number of nitrogens with zero attached hydrogens (tertiary/aromatic N) is 3. The third kappa shape index (κ3) is 4.29. The summed E-state index contributed by atoms with van der Waals surface area (Å²) in [6, 6.07) is 0. The summed E-state index contributed by atoms with van der Waals surface area (Å²) in [4.78, 5) is 20.2. The molecule has 0 bridgehead atoms. The van der Waals surface area contributed by atoms with Crippen molar-refractivity contribution >= 4 is 17.2 Å². The molecule has 0 spiro atoms. The number of rotatable bonds is 4. The van der Waals surface area contributed by atoms with Gasteiger partial charge in [0, 0.05) is 44.4 Å². The van der Waals surface area contributed by atoms with E-state index < -0.39 is 11.5 Å². The van der Waals surface area contributed by atoms with Crippen LogP contribution in [-0.2, 0) is 11.2 Å². The lowest BCUT2D eigenvalue weighted by atomic mass is 10.00. The number of carbonyl (C=O) groups is 1. The average Bonchev–Trinajstić information content (AvgIpc) is 3.08. The molecule has 5 nitrogen and oxygen atoms in total. The van der Waals surface area contributed by atoms with E-state index in [-0.39, 0.29) is 31.7 Å². The van der Waals surface area contributed by atoms with Crippen molar-refractivity contribution in [3.05, 3.63) is 16.1 Å². The molecule has 1 atom stereocenters. The summed E-state index contributed by atoms with van der Waals surface area (Å²) in [5.74, 6) is -2.62. The van der Waals surface area contributed by atoms with Crippen molar-refractivity contribution in [1.29, 1.82) is 0 Å². The third-order valence-electron chi connectivity index (χ3n) is 4.79. The normalized spacial score (nSPS) is 27.6. The molecule has 134 valence electrons. The predicted molar refractivity (Wildman–Crippen MR) is 87.3 cm³/mol. The molecule has 0 aliphatic carbocycles. The van der Waals surface area contributed by atoms with Gasteiger partial charge in [0.1, 0.15) is 0 Å². The summed E-state index contributed by atoms with van der Waals surface area (Å²) in [6.07, 6.45) is 0.419. The van der Waals surface area contributed by atoms with Gasteiger partial charge < -0.3 is 10.0 Å². The molecule has 3 heterocycles. The summed E-state index contributed by atoms with van der Waals surface area (Å²) in [5.41, 5.74) is -0.239. The molecule has 3 rings (SSSR count). The number of likely N-dealkylation sites (tertiary alicyclic amines) is 2. The second kappa shape index (κ2) is 6.65. The van der Waals surface area contributed by atoms with Crippen LogP contribution in [0.5, 0.6) is 0 Å². The molecule has 1 aromatic rings. The fourth-order valence-corrected chi connectivity index (χ4v) is 4.02. The Morgan fingerprint density at radius 3 is 2.67 bits per heavy atom. The number of aromatic nitrogens is 1. The first-order valence-electron chi connectivity index (χ1n) is 8.26. The van der Waals surface area contributed by atoms with E-state index in [9.17, 15) is 18.7 Å². The van der Waals surface area contributed by atoms with Gasteiger partial charge in [0.25, 0.3) is 5.92 Å². The van der Waals surface area contributed by atoms with Gasteiger partial charge in [-0.15, -0.1) is 11.3 Å². The smallest absolute Gasteiger partial charge is 0.250 e. The molecule has 0 aromatic carbocycles. The van der Waals surface area contributed by atoms with Crippen molar-refractivity contribution in [3.8, 4) is 0 Å². The van der Waals surface area contributed by atoms with E-state index in [1.54, 1.807) is 4.90 Å². The second-order valence-corrected chi connectivity index (χ2v) is 8.02. The first kappa shape index (κ1) is 17.7. The number of aliphatic hydroxyl groups is 1. The van der Waals surface area contributed by atoms with Gasteiger partial charge in [-0.1, -0.05) is 0 Å². The van der Waals surface area contributed by atoms with Gasteiger partial charge >= 0.3 is 0 Å². The highest BCUT2D eigenvalue weighted by Gasteiger charge is 2.42. The van der Waals surface area contributed by atoms with Crippen molar-refractivity contribution in [2.75, 3.05) is 32.7 Å². The van der Waals surface area contributed by atoms with Gasteiger partial charge in [-0.3, -0.25) is 9.69 Å². The lowest BCUT2D eigenvalue weighted by molar-refractivity contribution is -0.130. The number of piperidine rings is 1. The summed E-state index contributed by atoms with van der Waals surface area (Å²) in [7, 11) is 0. The topological polar surface area (TPSA) is 56.7 Å². The van der Waals surface area contributed by atoms with E-state index in [0.29, 0.717) is 32.6 Å². The number of alkyl halides is 2. The standard InChI is InChI=1S/C16H23F2N3O2S/c1-12-19-13(9-24-12)8-14(22)21-7-2-15(23,11-21)10-20-5-3-16(17,18)4-6-20/h9,23H,2-8,10-11H2,1H3/t15-/m0/s1. The minimum Gasteiger partial charge on any atom is -0.387 e.